The summed E-state index contributed by atoms with van der Waals surface area (Å²) < 4.78 is 17.2. The van der Waals surface area contributed by atoms with E-state index < -0.39 is 18.1 Å². The molecule has 12 rings (SSSR count). The molecular formula is C78H96N4O11S4. The largest absolute Gasteiger partial charge is 0.508 e. The molecule has 19 heteroatoms. The third-order valence-corrected chi connectivity index (χ3v) is 28.1. The molecule has 0 bridgehead atoms. The summed E-state index contributed by atoms with van der Waals surface area (Å²) >= 11 is 0. The molecule has 2 aromatic heterocycles. The van der Waals surface area contributed by atoms with E-state index in [2.05, 4.69) is 80.2 Å². The van der Waals surface area contributed by atoms with Gasteiger partial charge in [0.05, 0.1) is 6.42 Å². The molecular weight excluding hydrogens is 1300 g/mol. The van der Waals surface area contributed by atoms with Crippen LogP contribution in [0.15, 0.2) is 145 Å². The van der Waals surface area contributed by atoms with Gasteiger partial charge >= 0.3 is 24.1 Å². The van der Waals surface area contributed by atoms with Crippen LogP contribution in [0.25, 0.3) is 11.1 Å². The Morgan fingerprint density at radius 2 is 0.928 bits per heavy atom. The maximum absolute atomic E-state index is 12.8. The zero-order chi connectivity index (χ0) is 68.2. The average molecular weight is 1390 g/mol. The first-order valence-electron chi connectivity index (χ1n) is 35.0. The molecule has 4 saturated carbocycles. The van der Waals surface area contributed by atoms with Gasteiger partial charge in [-0.1, -0.05) is 179 Å². The lowest BCUT2D eigenvalue weighted by atomic mass is 9.47. The van der Waals surface area contributed by atoms with Crippen molar-refractivity contribution in [2.24, 2.45) is 57.2 Å². The van der Waals surface area contributed by atoms with Crippen molar-refractivity contribution in [3.05, 3.63) is 167 Å². The Hall–Kier alpha value is -6.28. The SMILES string of the molecule is C[C@]12CC[C@H](OC(=O)CCSSCCC(=O)N(CC(=O)O)Cc3ccccc3)CC1=CC[C@@H]1[C@@H]2CC[C@]2(C)C(c3cccnc3)=CC[C@@H]12.C[C@]12CC[C@H](OC(=O)OCCSSCCC(=O)N(CC(=O)O)Cc3ccccc3)CC1=CC[C@@H]1[C@@H]2CC[C@]2(C)C(c3cccnc3)=CC[C@@H]12. The molecule has 2 aromatic carbocycles. The molecule has 0 unspecified atom stereocenters. The number of pyridine rings is 2. The number of aliphatic carboxylic acids is 2. The van der Waals surface area contributed by atoms with Crippen molar-refractivity contribution < 1.29 is 53.2 Å². The van der Waals surface area contributed by atoms with E-state index in [1.807, 2.05) is 91.5 Å². The lowest BCUT2D eigenvalue weighted by Crippen LogP contribution is -2.50. The number of fused-ring (bicyclic) bond motifs is 10. The molecule has 2 N–H and O–H groups in total. The standard InChI is InChI=1S/C39H48N2O6S2.C39H48N2O5S2/c1-38-17-14-30(23-29(38)10-11-31-33-13-12-32(28-9-6-19-40-24-28)39(33,2)18-15-34(31)38)47-37(45)46-20-22-49-48-21-16-35(42)41(26-36(43)44)25-27-7-4-3-5-8-27;1-38-18-14-30(46-37(45)17-22-48-47-21-16-35(42)41(26-36(43)44)25-27-7-4-3-5-8-27)23-29(38)10-11-31-33-13-12-32(28-9-6-20-40-24-28)39(33,2)19-15-34(31)38/h3-10,12,19,24,30-31,33-34H,11,13-18,20-23,25-26H2,1-2H3,(H,43,44);3-10,12,20,24,30-31,33-34H,11,13-19,21-23,25-26H2,1-2H3,(H,43,44)/t2*30-,31-,33-,34-,38-,39+/m00/s1. The molecule has 0 radical (unpaired) electrons. The van der Waals surface area contributed by atoms with Crippen LogP contribution in [0.3, 0.4) is 0 Å². The third-order valence-electron chi connectivity index (χ3n) is 23.3. The van der Waals surface area contributed by atoms with Crippen LogP contribution in [0.2, 0.25) is 0 Å². The molecule has 15 nitrogen and oxygen atoms in total. The van der Waals surface area contributed by atoms with Gasteiger partial charge in [-0.2, -0.15) is 0 Å². The predicted molar refractivity (Wildman–Crippen MR) is 387 cm³/mol. The van der Waals surface area contributed by atoms with Crippen LogP contribution in [-0.4, -0.2) is 121 Å². The Morgan fingerprint density at radius 3 is 1.37 bits per heavy atom. The van der Waals surface area contributed by atoms with Gasteiger partial charge in [-0.05, 0) is 180 Å². The van der Waals surface area contributed by atoms with Crippen molar-refractivity contribution in [2.75, 3.05) is 42.7 Å². The summed E-state index contributed by atoms with van der Waals surface area (Å²) in [5.41, 5.74) is 11.1. The van der Waals surface area contributed by atoms with E-state index in [4.69, 9.17) is 14.2 Å². The smallest absolute Gasteiger partial charge is 0.480 e. The minimum absolute atomic E-state index is 0.0485. The van der Waals surface area contributed by atoms with Crippen molar-refractivity contribution in [1.29, 1.82) is 0 Å². The van der Waals surface area contributed by atoms with E-state index in [0.717, 1.165) is 75.3 Å². The molecule has 97 heavy (non-hydrogen) atoms. The third kappa shape index (κ3) is 17.1. The number of carbonyl (C=O) groups is 6. The molecule has 2 heterocycles. The first-order valence-corrected chi connectivity index (χ1v) is 40.0. The second-order valence-corrected chi connectivity index (χ2v) is 34.3. The van der Waals surface area contributed by atoms with Crippen molar-refractivity contribution in [3.8, 4) is 0 Å². The second kappa shape index (κ2) is 32.8. The molecule has 518 valence electrons. The molecule has 0 spiro atoms. The number of esters is 1. The fourth-order valence-electron chi connectivity index (χ4n) is 18.4. The van der Waals surface area contributed by atoms with Crippen molar-refractivity contribution >= 4 is 90.2 Å². The lowest BCUT2D eigenvalue weighted by Gasteiger charge is -2.57. The fraction of sp³-hybridized carbons (Fsp3) is 0.538. The van der Waals surface area contributed by atoms with Crippen molar-refractivity contribution in [1.82, 2.24) is 19.8 Å². The molecule has 2 amide bonds. The first kappa shape index (κ1) is 72.0. The highest BCUT2D eigenvalue weighted by Crippen LogP contribution is 2.68. The summed E-state index contributed by atoms with van der Waals surface area (Å²) in [5.74, 6) is 3.74. The van der Waals surface area contributed by atoms with Gasteiger partial charge in [0.25, 0.3) is 0 Å². The molecule has 0 aliphatic heterocycles. The summed E-state index contributed by atoms with van der Waals surface area (Å²) in [4.78, 5) is 85.0. The number of carboxylic acid groups (broad SMARTS) is 2. The summed E-state index contributed by atoms with van der Waals surface area (Å²) in [6.45, 7) is 10.1. The quantitative estimate of drug-likeness (QED) is 0.0260. The Kier molecular flexibility index (Phi) is 24.3. The lowest BCUT2D eigenvalue weighted by molar-refractivity contribution is -0.151. The molecule has 12 atom stereocenters. The van der Waals surface area contributed by atoms with E-state index in [1.54, 1.807) is 21.6 Å². The molecule has 4 aromatic rings. The van der Waals surface area contributed by atoms with E-state index >= 15 is 0 Å². The summed E-state index contributed by atoms with van der Waals surface area (Å²) in [6.07, 6.45) is 32.7. The predicted octanol–water partition coefficient (Wildman–Crippen LogP) is 16.7. The highest BCUT2D eigenvalue weighted by molar-refractivity contribution is 8.77. The van der Waals surface area contributed by atoms with Crippen molar-refractivity contribution in [3.63, 3.8) is 0 Å². The highest BCUT2D eigenvalue weighted by Gasteiger charge is 2.59. The van der Waals surface area contributed by atoms with E-state index in [0.29, 0.717) is 64.9 Å². The van der Waals surface area contributed by atoms with Gasteiger partial charge in [0.15, 0.2) is 0 Å². The highest BCUT2D eigenvalue weighted by atomic mass is 33.1. The Labute approximate surface area is 588 Å². The van der Waals surface area contributed by atoms with E-state index in [-0.39, 0.29) is 97.3 Å². The molecule has 8 aliphatic carbocycles. The number of aromatic nitrogens is 2. The van der Waals surface area contributed by atoms with Crippen LogP contribution in [0.5, 0.6) is 0 Å². The van der Waals surface area contributed by atoms with Gasteiger partial charge in [-0.3, -0.25) is 33.9 Å². The van der Waals surface area contributed by atoms with Gasteiger partial charge in [-0.25, -0.2) is 4.79 Å². The number of hydrogen-bond acceptors (Lipinski definition) is 15. The van der Waals surface area contributed by atoms with Crippen LogP contribution >= 0.6 is 43.2 Å². The first-order chi connectivity index (χ1) is 46.8. The Morgan fingerprint density at radius 1 is 0.495 bits per heavy atom. The van der Waals surface area contributed by atoms with Gasteiger partial charge < -0.3 is 34.2 Å². The van der Waals surface area contributed by atoms with Gasteiger partial charge in [0.2, 0.25) is 11.8 Å². The monoisotopic (exact) mass is 1390 g/mol. The number of benzene rings is 2. The van der Waals surface area contributed by atoms with Crippen LogP contribution in [-0.2, 0) is 51.3 Å². The second-order valence-electron chi connectivity index (χ2n) is 28.9. The number of allylic oxidation sites excluding steroid dienone is 6. The molecule has 8 aliphatic rings. The maximum Gasteiger partial charge on any atom is 0.508 e. The fourth-order valence-corrected chi connectivity index (χ4v) is 22.2. The number of ether oxygens (including phenoxy) is 3. The Balaban J connectivity index is 0.000000197. The number of carboxylic acids is 2. The normalized spacial score (nSPS) is 28.8. The summed E-state index contributed by atoms with van der Waals surface area (Å²) in [7, 11) is 6.14. The summed E-state index contributed by atoms with van der Waals surface area (Å²) in [6, 6.07) is 27.3. The maximum atomic E-state index is 12.8. The van der Waals surface area contributed by atoms with E-state index in [1.165, 1.54) is 90.5 Å². The number of hydrogen-bond donors (Lipinski definition) is 2. The van der Waals surface area contributed by atoms with Gasteiger partial charge in [-0.15, -0.1) is 0 Å². The van der Waals surface area contributed by atoms with Crippen molar-refractivity contribution in [2.45, 2.75) is 162 Å². The zero-order valence-electron chi connectivity index (χ0n) is 56.7. The van der Waals surface area contributed by atoms with Crippen LogP contribution in [0, 0.1) is 57.2 Å². The average Bonchev–Trinajstić information content (AvgIpc) is 1.55. The van der Waals surface area contributed by atoms with E-state index in [9.17, 15) is 39.0 Å². The van der Waals surface area contributed by atoms with Gasteiger partial charge in [0, 0.05) is 86.6 Å². The number of rotatable bonds is 26. The topological polar surface area (TPSA) is 203 Å². The van der Waals surface area contributed by atoms with Crippen LogP contribution in [0.1, 0.15) is 159 Å². The molecule has 4 fully saturated rings. The number of carbonyl (C=O) groups excluding carboxylic acids is 4. The minimum atomic E-state index is -1.03. The van der Waals surface area contributed by atoms with Crippen LogP contribution < -0.4 is 0 Å². The Bertz CT molecular complexity index is 3540. The van der Waals surface area contributed by atoms with Crippen LogP contribution in [0.4, 0.5) is 4.79 Å². The number of nitrogens with zero attached hydrogens (tertiary/aromatic N) is 4. The minimum Gasteiger partial charge on any atom is -0.480 e. The van der Waals surface area contributed by atoms with Gasteiger partial charge in [0.1, 0.15) is 31.9 Å². The number of amides is 2. The summed E-state index contributed by atoms with van der Waals surface area (Å²) in [5, 5.41) is 18.5. The zero-order valence-corrected chi connectivity index (χ0v) is 60.0. The molecule has 0 saturated heterocycles.